The average Bonchev–Trinajstić information content (AvgIpc) is 3.68. The number of halogens is 4. The van der Waals surface area contributed by atoms with Crippen LogP contribution in [0.5, 0.6) is 0 Å². The largest absolute Gasteiger partial charge is 0.333 e. The second-order valence-corrected chi connectivity index (χ2v) is 10.8. The molecule has 1 aliphatic rings. The second kappa shape index (κ2) is 12.0. The van der Waals surface area contributed by atoms with Crippen LogP contribution in [-0.2, 0) is 4.79 Å². The zero-order chi connectivity index (χ0) is 31.8. The lowest BCUT2D eigenvalue weighted by Gasteiger charge is -2.22. The van der Waals surface area contributed by atoms with Crippen LogP contribution in [0.1, 0.15) is 50.2 Å². The lowest BCUT2D eigenvalue weighted by Crippen LogP contribution is -2.27. The molecule has 1 N–H and O–H groups in total. The van der Waals surface area contributed by atoms with Crippen molar-refractivity contribution >= 4 is 23.2 Å². The van der Waals surface area contributed by atoms with Gasteiger partial charge in [-0.15, -0.1) is 5.10 Å². The van der Waals surface area contributed by atoms with Gasteiger partial charge < -0.3 is 5.32 Å². The van der Waals surface area contributed by atoms with Crippen molar-refractivity contribution in [3.63, 3.8) is 0 Å². The molecule has 2 bridgehead atoms. The van der Waals surface area contributed by atoms with E-state index in [1.165, 1.54) is 52.4 Å². The molecular formula is C29H22ClF3N10O2. The Bertz CT molecular complexity index is 2030. The summed E-state index contributed by atoms with van der Waals surface area (Å²) in [6.07, 6.45) is 6.43. The number of alkyl halides is 2. The van der Waals surface area contributed by atoms with E-state index in [1.54, 1.807) is 13.0 Å². The minimum Gasteiger partial charge on any atom is -0.323 e. The number of fused-ring (bicyclic) bond motifs is 4. The Balaban J connectivity index is 1.46. The van der Waals surface area contributed by atoms with Crippen LogP contribution in [-0.4, -0.2) is 45.2 Å². The van der Waals surface area contributed by atoms with Crippen molar-refractivity contribution in [2.24, 2.45) is 5.92 Å². The van der Waals surface area contributed by atoms with Crippen LogP contribution in [0, 0.1) is 23.1 Å². The highest BCUT2D eigenvalue weighted by Crippen LogP contribution is 2.35. The predicted octanol–water partition coefficient (Wildman–Crippen LogP) is 5.16. The van der Waals surface area contributed by atoms with Crippen LogP contribution < -0.4 is 10.9 Å². The first-order valence-corrected chi connectivity index (χ1v) is 14.1. The van der Waals surface area contributed by atoms with Gasteiger partial charge in [0.15, 0.2) is 11.5 Å². The van der Waals surface area contributed by atoms with Gasteiger partial charge in [-0.05, 0) is 37.1 Å². The molecule has 1 aromatic carbocycles. The van der Waals surface area contributed by atoms with Crippen LogP contribution in [0.2, 0.25) is 5.02 Å². The maximum absolute atomic E-state index is 15.4. The Labute approximate surface area is 257 Å². The first-order chi connectivity index (χ1) is 21.7. The van der Waals surface area contributed by atoms with Crippen LogP contribution in [0.25, 0.3) is 28.2 Å². The number of hydrogen-bond donors (Lipinski definition) is 1. The minimum atomic E-state index is -2.98. The molecule has 0 spiro atoms. The van der Waals surface area contributed by atoms with Gasteiger partial charge >= 0.3 is 6.55 Å². The maximum atomic E-state index is 15.4. The molecule has 0 saturated heterocycles. The van der Waals surface area contributed by atoms with Gasteiger partial charge in [-0.2, -0.15) is 19.1 Å². The van der Waals surface area contributed by atoms with Crippen molar-refractivity contribution in [1.82, 2.24) is 39.3 Å². The van der Waals surface area contributed by atoms with E-state index in [0.717, 1.165) is 6.07 Å². The summed E-state index contributed by atoms with van der Waals surface area (Å²) in [5.74, 6) is -1.68. The van der Waals surface area contributed by atoms with E-state index in [0.29, 0.717) is 35.2 Å². The fourth-order valence-electron chi connectivity index (χ4n) is 5.29. The molecule has 1 aliphatic heterocycles. The number of carbonyl (C=O) groups is 1. The summed E-state index contributed by atoms with van der Waals surface area (Å²) in [5, 5.41) is 23.0. The van der Waals surface area contributed by atoms with E-state index in [1.807, 2.05) is 6.07 Å². The monoisotopic (exact) mass is 634 g/mol. The number of anilines is 1. The summed E-state index contributed by atoms with van der Waals surface area (Å²) in [6.45, 7) is -1.26. The first kappa shape index (κ1) is 29.7. The summed E-state index contributed by atoms with van der Waals surface area (Å²) < 4.78 is 46.3. The highest BCUT2D eigenvalue weighted by atomic mass is 35.5. The molecule has 228 valence electrons. The van der Waals surface area contributed by atoms with Gasteiger partial charge in [0.05, 0.1) is 63.8 Å². The maximum Gasteiger partial charge on any atom is 0.333 e. The lowest BCUT2D eigenvalue weighted by molar-refractivity contribution is -0.119. The topological polar surface area (TPSA) is 149 Å². The van der Waals surface area contributed by atoms with E-state index in [4.69, 9.17) is 16.9 Å². The number of pyridine rings is 1. The molecule has 0 unspecified atom stereocenters. The van der Waals surface area contributed by atoms with Gasteiger partial charge in [0.2, 0.25) is 5.91 Å². The molecule has 4 aromatic heterocycles. The number of hydrogen-bond acceptors (Lipinski definition) is 8. The fourth-order valence-corrected chi connectivity index (χ4v) is 5.45. The van der Waals surface area contributed by atoms with Crippen LogP contribution in [0.4, 0.5) is 18.9 Å². The van der Waals surface area contributed by atoms with Gasteiger partial charge in [0.1, 0.15) is 6.07 Å². The molecule has 2 atom stereocenters. The van der Waals surface area contributed by atoms with E-state index in [2.05, 4.69) is 30.7 Å². The molecule has 5 aromatic rings. The summed E-state index contributed by atoms with van der Waals surface area (Å²) >= 11 is 6.08. The molecule has 16 heteroatoms. The van der Waals surface area contributed by atoms with Crippen LogP contribution in [0.15, 0.2) is 60.0 Å². The molecule has 5 heterocycles. The standard InChI is InChI=1S/C29H22ClF3N10O2/c1-15-3-2-4-22(19-9-16(7-8-35-19)27-21(38-28(15)45)12-37-43(27)29(32)33)41-14-36-20(10-24(41)44)25-23(6-5-18(30)26(25)31)42-13-17(11-34)39-40-42/h5-10,12-15,22,29H,2-4H2,1H3,(H,38,45)/t15-,22+/m1/s1. The Kier molecular flexibility index (Phi) is 7.90. The van der Waals surface area contributed by atoms with E-state index in [-0.39, 0.29) is 44.9 Å². The van der Waals surface area contributed by atoms with Crippen LogP contribution in [0.3, 0.4) is 0 Å². The van der Waals surface area contributed by atoms with Gasteiger partial charge in [-0.1, -0.05) is 30.2 Å². The molecular weight excluding hydrogens is 613 g/mol. The van der Waals surface area contributed by atoms with E-state index >= 15 is 4.39 Å². The summed E-state index contributed by atoms with van der Waals surface area (Å²) in [7, 11) is 0. The van der Waals surface area contributed by atoms with Crippen molar-refractivity contribution in [3.05, 3.63) is 87.8 Å². The van der Waals surface area contributed by atoms with Gasteiger partial charge in [-0.3, -0.25) is 19.1 Å². The third-order valence-corrected chi connectivity index (χ3v) is 7.84. The highest BCUT2D eigenvalue weighted by molar-refractivity contribution is 6.31. The summed E-state index contributed by atoms with van der Waals surface area (Å²) in [6, 6.07) is 8.12. The number of nitrogens with one attached hydrogen (secondary N) is 1. The minimum absolute atomic E-state index is 0.00700. The van der Waals surface area contributed by atoms with Crippen molar-refractivity contribution in [2.75, 3.05) is 5.32 Å². The summed E-state index contributed by atoms with van der Waals surface area (Å²) in [5.41, 5.74) is 0.205. The van der Waals surface area contributed by atoms with Gasteiger partial charge in [0.25, 0.3) is 5.56 Å². The normalized spacial score (nSPS) is 16.8. The molecule has 1 amide bonds. The Morgan fingerprint density at radius 3 is 2.71 bits per heavy atom. The van der Waals surface area contributed by atoms with Crippen LogP contribution >= 0.6 is 11.6 Å². The summed E-state index contributed by atoms with van der Waals surface area (Å²) in [4.78, 5) is 35.4. The third-order valence-electron chi connectivity index (χ3n) is 7.55. The number of benzene rings is 1. The number of carbonyl (C=O) groups excluding carboxylic acids is 1. The molecule has 45 heavy (non-hydrogen) atoms. The number of aromatic nitrogens is 8. The van der Waals surface area contributed by atoms with E-state index < -0.39 is 29.9 Å². The Morgan fingerprint density at radius 1 is 1.16 bits per heavy atom. The average molecular weight is 635 g/mol. The highest BCUT2D eigenvalue weighted by Gasteiger charge is 2.27. The zero-order valence-corrected chi connectivity index (χ0v) is 24.2. The predicted molar refractivity (Wildman–Crippen MR) is 155 cm³/mol. The quantitative estimate of drug-likeness (QED) is 0.285. The number of nitrogens with zero attached hydrogens (tertiary/aromatic N) is 9. The molecule has 0 radical (unpaired) electrons. The Hall–Kier alpha value is -5.36. The number of nitriles is 1. The van der Waals surface area contributed by atoms with Crippen molar-refractivity contribution in [2.45, 2.75) is 38.8 Å². The van der Waals surface area contributed by atoms with Crippen molar-refractivity contribution in [3.8, 4) is 34.3 Å². The Morgan fingerprint density at radius 2 is 1.98 bits per heavy atom. The lowest BCUT2D eigenvalue weighted by atomic mass is 9.97. The molecule has 0 aliphatic carbocycles. The molecule has 0 saturated carbocycles. The third kappa shape index (κ3) is 5.55. The van der Waals surface area contributed by atoms with Crippen molar-refractivity contribution in [1.29, 1.82) is 5.26 Å². The fraction of sp³-hybridized carbons (Fsp3) is 0.241. The first-order valence-electron chi connectivity index (χ1n) is 13.7. The molecule has 0 fully saturated rings. The van der Waals surface area contributed by atoms with Gasteiger partial charge in [0, 0.05) is 23.7 Å². The van der Waals surface area contributed by atoms with E-state index in [9.17, 15) is 18.4 Å². The zero-order valence-electron chi connectivity index (χ0n) is 23.4. The van der Waals surface area contributed by atoms with Gasteiger partial charge in [-0.25, -0.2) is 18.7 Å². The smallest absolute Gasteiger partial charge is 0.323 e. The SMILES string of the molecule is C[C@@H]1CCC[C@H](n2cnc(-c3c(-n4cc(C#N)nn4)ccc(Cl)c3F)cc2=O)c2cc(ccn2)-c2c(cnn2C(F)F)NC1=O. The second-order valence-electron chi connectivity index (χ2n) is 10.4. The molecule has 12 nitrogen and oxygen atoms in total. The molecule has 6 rings (SSSR count). The van der Waals surface area contributed by atoms with Crippen molar-refractivity contribution < 1.29 is 18.0 Å². The number of rotatable bonds is 4. The number of amides is 1.